The Morgan fingerprint density at radius 2 is 1.23 bits per heavy atom. The minimum Gasteiger partial charge on any atom is -0.453 e. The predicted octanol–water partition coefficient (Wildman–Crippen LogP) is 3.40. The van der Waals surface area contributed by atoms with E-state index in [1.807, 2.05) is 67.6 Å². The molecule has 1 aliphatic heterocycles. The standard InChI is InChI=1S/C24H28O7/c1-16-21(27-14-19-10-6-4-7-11-19)22(28-15-20-12-8-5-9-13-20)23(30-17(2)25)24(29-16)31-18(3)26/h4-13,16,21-24H,14-15H2,1-3H3/t16-,21-,22+,23+,24-/m0/s1. The number of hydrogen-bond donors (Lipinski definition) is 0. The Morgan fingerprint density at radius 3 is 1.71 bits per heavy atom. The number of rotatable bonds is 8. The Kier molecular flexibility index (Phi) is 8.17. The first-order valence-corrected chi connectivity index (χ1v) is 10.2. The molecule has 7 nitrogen and oxygen atoms in total. The third-order valence-corrected chi connectivity index (χ3v) is 4.88. The summed E-state index contributed by atoms with van der Waals surface area (Å²) >= 11 is 0. The second-order valence-corrected chi connectivity index (χ2v) is 7.42. The van der Waals surface area contributed by atoms with E-state index in [9.17, 15) is 9.59 Å². The molecular weight excluding hydrogens is 400 g/mol. The Bertz CT molecular complexity index is 840. The van der Waals surface area contributed by atoms with Gasteiger partial charge in [-0.3, -0.25) is 9.59 Å². The molecule has 1 heterocycles. The second kappa shape index (κ2) is 11.0. The SMILES string of the molecule is CC(=O)O[C@@H]1O[C@@H](C)[C@H](OCc2ccccc2)[C@@H](OCc2ccccc2)[C@H]1OC(C)=O. The fourth-order valence-corrected chi connectivity index (χ4v) is 3.50. The highest BCUT2D eigenvalue weighted by molar-refractivity contribution is 5.67. The van der Waals surface area contributed by atoms with Crippen LogP contribution in [0.3, 0.4) is 0 Å². The third kappa shape index (κ3) is 6.62. The number of benzene rings is 2. The topological polar surface area (TPSA) is 80.3 Å². The van der Waals surface area contributed by atoms with Crippen LogP contribution in [0, 0.1) is 0 Å². The largest absolute Gasteiger partial charge is 0.453 e. The predicted molar refractivity (Wildman–Crippen MR) is 112 cm³/mol. The van der Waals surface area contributed by atoms with Gasteiger partial charge in [0.25, 0.3) is 0 Å². The Balaban J connectivity index is 1.83. The maximum Gasteiger partial charge on any atom is 0.305 e. The van der Waals surface area contributed by atoms with Crippen molar-refractivity contribution in [2.24, 2.45) is 0 Å². The van der Waals surface area contributed by atoms with Gasteiger partial charge in [-0.25, -0.2) is 0 Å². The number of carbonyl (C=O) groups excluding carboxylic acids is 2. The molecule has 0 aliphatic carbocycles. The van der Waals surface area contributed by atoms with Gasteiger partial charge in [-0.05, 0) is 18.1 Å². The summed E-state index contributed by atoms with van der Waals surface area (Å²) in [6.45, 7) is 4.98. The number of esters is 2. The van der Waals surface area contributed by atoms with Crippen molar-refractivity contribution in [2.75, 3.05) is 0 Å². The fraction of sp³-hybridized carbons (Fsp3) is 0.417. The highest BCUT2D eigenvalue weighted by Gasteiger charge is 2.49. The summed E-state index contributed by atoms with van der Waals surface area (Å²) in [7, 11) is 0. The molecule has 0 unspecified atom stereocenters. The molecule has 0 N–H and O–H groups in total. The maximum atomic E-state index is 11.8. The summed E-state index contributed by atoms with van der Waals surface area (Å²) in [5, 5.41) is 0. The lowest BCUT2D eigenvalue weighted by Gasteiger charge is -2.44. The van der Waals surface area contributed by atoms with Crippen molar-refractivity contribution >= 4 is 11.9 Å². The Labute approximate surface area is 182 Å². The van der Waals surface area contributed by atoms with E-state index in [1.165, 1.54) is 13.8 Å². The molecule has 1 fully saturated rings. The molecular formula is C24H28O7. The molecule has 3 rings (SSSR count). The molecule has 166 valence electrons. The molecule has 2 aromatic rings. The van der Waals surface area contributed by atoms with Crippen LogP contribution >= 0.6 is 0 Å². The van der Waals surface area contributed by atoms with Crippen molar-refractivity contribution in [3.8, 4) is 0 Å². The first-order valence-electron chi connectivity index (χ1n) is 10.2. The summed E-state index contributed by atoms with van der Waals surface area (Å²) in [5.41, 5.74) is 1.94. The molecule has 1 saturated heterocycles. The average Bonchev–Trinajstić information content (AvgIpc) is 2.74. The van der Waals surface area contributed by atoms with Crippen molar-refractivity contribution in [1.82, 2.24) is 0 Å². The lowest BCUT2D eigenvalue weighted by Crippen LogP contribution is -2.60. The van der Waals surface area contributed by atoms with Crippen LogP contribution < -0.4 is 0 Å². The van der Waals surface area contributed by atoms with Crippen molar-refractivity contribution in [3.63, 3.8) is 0 Å². The fourth-order valence-electron chi connectivity index (χ4n) is 3.50. The van der Waals surface area contributed by atoms with Gasteiger partial charge in [-0.15, -0.1) is 0 Å². The van der Waals surface area contributed by atoms with Crippen LogP contribution in [0.15, 0.2) is 60.7 Å². The molecule has 0 bridgehead atoms. The summed E-state index contributed by atoms with van der Waals surface area (Å²) in [5.74, 6) is -1.07. The minimum atomic E-state index is -1.09. The van der Waals surface area contributed by atoms with Crippen LogP contribution in [-0.4, -0.2) is 42.6 Å². The average molecular weight is 428 g/mol. The molecule has 1 aliphatic rings. The number of ether oxygens (including phenoxy) is 5. The van der Waals surface area contributed by atoms with Gasteiger partial charge in [0.05, 0.1) is 19.3 Å². The van der Waals surface area contributed by atoms with E-state index in [1.54, 1.807) is 0 Å². The highest BCUT2D eigenvalue weighted by Crippen LogP contribution is 2.30. The minimum absolute atomic E-state index is 0.272. The molecule has 0 aromatic heterocycles. The number of carbonyl (C=O) groups is 2. The van der Waals surface area contributed by atoms with Gasteiger partial charge >= 0.3 is 11.9 Å². The zero-order valence-corrected chi connectivity index (χ0v) is 17.9. The second-order valence-electron chi connectivity index (χ2n) is 7.42. The zero-order valence-electron chi connectivity index (χ0n) is 17.9. The first-order chi connectivity index (χ1) is 14.9. The van der Waals surface area contributed by atoms with Crippen LogP contribution in [0.4, 0.5) is 0 Å². The van der Waals surface area contributed by atoms with Crippen molar-refractivity contribution in [1.29, 1.82) is 0 Å². The van der Waals surface area contributed by atoms with Gasteiger partial charge < -0.3 is 23.7 Å². The molecule has 5 atom stereocenters. The third-order valence-electron chi connectivity index (χ3n) is 4.88. The molecule has 2 aromatic carbocycles. The number of hydrogen-bond acceptors (Lipinski definition) is 7. The highest BCUT2D eigenvalue weighted by atomic mass is 16.7. The van der Waals surface area contributed by atoms with Crippen LogP contribution in [-0.2, 0) is 46.5 Å². The zero-order chi connectivity index (χ0) is 22.2. The summed E-state index contributed by atoms with van der Waals surface area (Å²) in [4.78, 5) is 23.4. The maximum absolute atomic E-state index is 11.8. The Hall–Kier alpha value is -2.74. The van der Waals surface area contributed by atoms with E-state index in [0.29, 0.717) is 6.61 Å². The van der Waals surface area contributed by atoms with Crippen molar-refractivity contribution < 1.29 is 33.3 Å². The smallest absolute Gasteiger partial charge is 0.305 e. The summed E-state index contributed by atoms with van der Waals surface area (Å²) in [6.07, 6.45) is -3.79. The van der Waals surface area contributed by atoms with E-state index < -0.39 is 42.6 Å². The van der Waals surface area contributed by atoms with Gasteiger partial charge in [-0.1, -0.05) is 60.7 Å². The first kappa shape index (κ1) is 22.9. The van der Waals surface area contributed by atoms with Crippen LogP contribution in [0.1, 0.15) is 31.9 Å². The quantitative estimate of drug-likeness (QED) is 0.596. The van der Waals surface area contributed by atoms with Crippen molar-refractivity contribution in [2.45, 2.75) is 64.7 Å². The van der Waals surface area contributed by atoms with Gasteiger partial charge in [0.2, 0.25) is 6.29 Å². The molecule has 0 radical (unpaired) electrons. The summed E-state index contributed by atoms with van der Waals surface area (Å²) in [6, 6.07) is 19.3. The molecule has 31 heavy (non-hydrogen) atoms. The monoisotopic (exact) mass is 428 g/mol. The normalized spacial score (nSPS) is 25.6. The van der Waals surface area contributed by atoms with Gasteiger partial charge in [0.1, 0.15) is 12.2 Å². The van der Waals surface area contributed by atoms with E-state index in [2.05, 4.69) is 0 Å². The van der Waals surface area contributed by atoms with Crippen LogP contribution in [0.2, 0.25) is 0 Å². The molecule has 0 amide bonds. The van der Waals surface area contributed by atoms with Gasteiger partial charge in [0.15, 0.2) is 6.10 Å². The lowest BCUT2D eigenvalue weighted by molar-refractivity contribution is -0.304. The van der Waals surface area contributed by atoms with Gasteiger partial charge in [-0.2, -0.15) is 0 Å². The van der Waals surface area contributed by atoms with E-state index in [4.69, 9.17) is 23.7 Å². The van der Waals surface area contributed by atoms with Crippen molar-refractivity contribution in [3.05, 3.63) is 71.8 Å². The van der Waals surface area contributed by atoms with Gasteiger partial charge in [0, 0.05) is 13.8 Å². The molecule has 7 heteroatoms. The Morgan fingerprint density at radius 1 is 0.742 bits per heavy atom. The van der Waals surface area contributed by atoms with E-state index in [0.717, 1.165) is 11.1 Å². The van der Waals surface area contributed by atoms with Crippen LogP contribution in [0.25, 0.3) is 0 Å². The molecule has 0 saturated carbocycles. The summed E-state index contributed by atoms with van der Waals surface area (Å²) < 4.78 is 29.0. The lowest BCUT2D eigenvalue weighted by atomic mass is 9.98. The van der Waals surface area contributed by atoms with E-state index in [-0.39, 0.29) is 6.61 Å². The van der Waals surface area contributed by atoms with Crippen LogP contribution in [0.5, 0.6) is 0 Å². The van der Waals surface area contributed by atoms with E-state index >= 15 is 0 Å². The molecule has 0 spiro atoms.